The van der Waals surface area contributed by atoms with Crippen LogP contribution in [0.5, 0.6) is 0 Å². The molecule has 0 aromatic heterocycles. The van der Waals surface area contributed by atoms with Crippen LogP contribution in [0.3, 0.4) is 0 Å². The number of allylic oxidation sites excluding steroid dienone is 2. The molecule has 0 spiro atoms. The van der Waals surface area contributed by atoms with Crippen molar-refractivity contribution in [1.29, 1.82) is 0 Å². The molecule has 0 saturated heterocycles. The third-order valence-corrected chi connectivity index (χ3v) is 0.998. The van der Waals surface area contributed by atoms with Gasteiger partial charge in [0.2, 0.25) is 0 Å². The maximum Gasteiger partial charge on any atom is 0.327 e. The Morgan fingerprint density at radius 1 is 1.70 bits per heavy atom. The van der Waals surface area contributed by atoms with E-state index >= 15 is 0 Å². The first-order valence-electron chi connectivity index (χ1n) is 3.17. The van der Waals surface area contributed by atoms with E-state index in [0.29, 0.717) is 0 Å². The molecule has 0 rings (SSSR count). The third kappa shape index (κ3) is 6.95. The fourth-order valence-corrected chi connectivity index (χ4v) is 0.514. The van der Waals surface area contributed by atoms with Gasteiger partial charge in [0.15, 0.2) is 0 Å². The summed E-state index contributed by atoms with van der Waals surface area (Å²) in [6.45, 7) is 5.62. The van der Waals surface area contributed by atoms with Crippen molar-refractivity contribution in [3.63, 3.8) is 0 Å². The standard InChI is InChI=1S/C8H12O2/c1-7(2)5-3-4-6-8(9)10/h4,6H,1,3,5H2,2H3,(H,9,10). The van der Waals surface area contributed by atoms with Gasteiger partial charge in [-0.1, -0.05) is 11.6 Å². The van der Waals surface area contributed by atoms with Gasteiger partial charge in [0.25, 0.3) is 0 Å². The Balaban J connectivity index is 3.36. The monoisotopic (exact) mass is 140 g/mol. The maximum absolute atomic E-state index is 9.93. The van der Waals surface area contributed by atoms with E-state index in [1.807, 2.05) is 6.92 Å². The molecule has 0 bridgehead atoms. The number of carboxylic acid groups (broad SMARTS) is 1. The predicted octanol–water partition coefficient (Wildman–Crippen LogP) is 1.98. The lowest BCUT2D eigenvalue weighted by Crippen LogP contribution is -1.85. The summed E-state index contributed by atoms with van der Waals surface area (Å²) in [4.78, 5) is 9.93. The van der Waals surface area contributed by atoms with E-state index in [2.05, 4.69) is 6.58 Å². The zero-order valence-corrected chi connectivity index (χ0v) is 6.13. The molecule has 0 amide bonds. The molecule has 0 aliphatic carbocycles. The zero-order valence-electron chi connectivity index (χ0n) is 6.13. The lowest BCUT2D eigenvalue weighted by atomic mass is 10.2. The molecule has 56 valence electrons. The lowest BCUT2D eigenvalue weighted by Gasteiger charge is -1.90. The fraction of sp³-hybridized carbons (Fsp3) is 0.375. The van der Waals surface area contributed by atoms with Crippen LogP contribution < -0.4 is 0 Å². The van der Waals surface area contributed by atoms with Crippen molar-refractivity contribution in [2.75, 3.05) is 0 Å². The first-order valence-corrected chi connectivity index (χ1v) is 3.17. The second kappa shape index (κ2) is 4.79. The highest BCUT2D eigenvalue weighted by molar-refractivity contribution is 5.79. The molecule has 10 heavy (non-hydrogen) atoms. The molecule has 0 saturated carbocycles. The van der Waals surface area contributed by atoms with E-state index < -0.39 is 5.97 Å². The van der Waals surface area contributed by atoms with E-state index in [1.54, 1.807) is 6.08 Å². The minimum atomic E-state index is -0.887. The summed E-state index contributed by atoms with van der Waals surface area (Å²) in [6.07, 6.45) is 4.42. The van der Waals surface area contributed by atoms with Gasteiger partial charge in [-0.3, -0.25) is 0 Å². The number of carboxylic acids is 1. The van der Waals surface area contributed by atoms with Crippen LogP contribution in [-0.4, -0.2) is 11.1 Å². The second-order valence-corrected chi connectivity index (χ2v) is 2.24. The average Bonchev–Trinajstić information content (AvgIpc) is 1.79. The molecule has 0 aromatic carbocycles. The van der Waals surface area contributed by atoms with Gasteiger partial charge in [-0.05, 0) is 19.8 Å². The first kappa shape index (κ1) is 8.95. The van der Waals surface area contributed by atoms with Gasteiger partial charge in [-0.2, -0.15) is 0 Å². The molecular weight excluding hydrogens is 128 g/mol. The topological polar surface area (TPSA) is 37.3 Å². The van der Waals surface area contributed by atoms with Crippen molar-refractivity contribution in [2.24, 2.45) is 0 Å². The highest BCUT2D eigenvalue weighted by Crippen LogP contribution is 2.00. The molecule has 0 aliphatic rings. The van der Waals surface area contributed by atoms with Gasteiger partial charge in [0.1, 0.15) is 0 Å². The highest BCUT2D eigenvalue weighted by atomic mass is 16.4. The second-order valence-electron chi connectivity index (χ2n) is 2.24. The molecule has 2 heteroatoms. The molecule has 0 heterocycles. The molecule has 0 radical (unpaired) electrons. The van der Waals surface area contributed by atoms with Gasteiger partial charge in [-0.25, -0.2) is 4.79 Å². The van der Waals surface area contributed by atoms with Crippen LogP contribution in [0, 0.1) is 0 Å². The Labute approximate surface area is 60.9 Å². The number of aliphatic carboxylic acids is 1. The summed E-state index contributed by atoms with van der Waals surface area (Å²) < 4.78 is 0. The van der Waals surface area contributed by atoms with Crippen molar-refractivity contribution >= 4 is 5.97 Å². The first-order chi connectivity index (χ1) is 4.63. The van der Waals surface area contributed by atoms with Gasteiger partial charge >= 0.3 is 5.97 Å². The normalized spacial score (nSPS) is 10.1. The third-order valence-electron chi connectivity index (χ3n) is 0.998. The minimum absolute atomic E-state index is 0.766. The van der Waals surface area contributed by atoms with Crippen LogP contribution in [0.25, 0.3) is 0 Å². The maximum atomic E-state index is 9.93. The van der Waals surface area contributed by atoms with Gasteiger partial charge in [-0.15, -0.1) is 6.58 Å². The Bertz CT molecular complexity index is 157. The quantitative estimate of drug-likeness (QED) is 0.479. The van der Waals surface area contributed by atoms with Crippen LogP contribution >= 0.6 is 0 Å². The lowest BCUT2D eigenvalue weighted by molar-refractivity contribution is -0.131. The minimum Gasteiger partial charge on any atom is -0.478 e. The molecule has 0 aliphatic heterocycles. The predicted molar refractivity (Wildman–Crippen MR) is 40.8 cm³/mol. The number of hydrogen-bond donors (Lipinski definition) is 1. The van der Waals surface area contributed by atoms with Crippen molar-refractivity contribution < 1.29 is 9.90 Å². The Kier molecular flexibility index (Phi) is 4.29. The molecule has 1 N–H and O–H groups in total. The SMILES string of the molecule is C=C(C)CCC=CC(=O)O. The molecule has 0 aromatic rings. The molecular formula is C8H12O2. The van der Waals surface area contributed by atoms with E-state index in [9.17, 15) is 4.79 Å². The Hall–Kier alpha value is -1.05. The Morgan fingerprint density at radius 2 is 2.30 bits per heavy atom. The van der Waals surface area contributed by atoms with E-state index in [-0.39, 0.29) is 0 Å². The number of carbonyl (C=O) groups is 1. The number of rotatable bonds is 4. The van der Waals surface area contributed by atoms with Crippen molar-refractivity contribution in [3.05, 3.63) is 24.3 Å². The van der Waals surface area contributed by atoms with Crippen LogP contribution in [0.4, 0.5) is 0 Å². The molecule has 0 atom stereocenters. The summed E-state index contributed by atoms with van der Waals surface area (Å²) in [5.74, 6) is -0.887. The fourth-order valence-electron chi connectivity index (χ4n) is 0.514. The van der Waals surface area contributed by atoms with Crippen LogP contribution in [0.15, 0.2) is 24.3 Å². The van der Waals surface area contributed by atoms with E-state index in [1.165, 1.54) is 0 Å². The molecule has 2 nitrogen and oxygen atoms in total. The summed E-state index contributed by atoms with van der Waals surface area (Å²) >= 11 is 0. The molecule has 0 unspecified atom stereocenters. The number of hydrogen-bond acceptors (Lipinski definition) is 1. The van der Waals surface area contributed by atoms with Gasteiger partial charge < -0.3 is 5.11 Å². The summed E-state index contributed by atoms with van der Waals surface area (Å²) in [5, 5.41) is 8.17. The summed E-state index contributed by atoms with van der Waals surface area (Å²) in [5.41, 5.74) is 1.08. The van der Waals surface area contributed by atoms with Gasteiger partial charge in [0.05, 0.1) is 0 Å². The van der Waals surface area contributed by atoms with Crippen molar-refractivity contribution in [3.8, 4) is 0 Å². The van der Waals surface area contributed by atoms with Crippen LogP contribution in [0.2, 0.25) is 0 Å². The summed E-state index contributed by atoms with van der Waals surface area (Å²) in [7, 11) is 0. The smallest absolute Gasteiger partial charge is 0.327 e. The van der Waals surface area contributed by atoms with Crippen LogP contribution in [0.1, 0.15) is 19.8 Å². The van der Waals surface area contributed by atoms with Crippen LogP contribution in [-0.2, 0) is 4.79 Å². The molecule has 0 fully saturated rings. The Morgan fingerprint density at radius 3 is 2.70 bits per heavy atom. The average molecular weight is 140 g/mol. The van der Waals surface area contributed by atoms with Crippen molar-refractivity contribution in [2.45, 2.75) is 19.8 Å². The van der Waals surface area contributed by atoms with E-state index in [4.69, 9.17) is 5.11 Å². The highest BCUT2D eigenvalue weighted by Gasteiger charge is 1.85. The van der Waals surface area contributed by atoms with Crippen molar-refractivity contribution in [1.82, 2.24) is 0 Å². The van der Waals surface area contributed by atoms with E-state index in [0.717, 1.165) is 24.5 Å². The largest absolute Gasteiger partial charge is 0.478 e. The zero-order chi connectivity index (χ0) is 7.98. The summed E-state index contributed by atoms with van der Waals surface area (Å²) in [6, 6.07) is 0. The van der Waals surface area contributed by atoms with Gasteiger partial charge in [0, 0.05) is 6.08 Å².